The molecule has 1 fully saturated rings. The van der Waals surface area contributed by atoms with E-state index in [4.69, 9.17) is 9.47 Å². The van der Waals surface area contributed by atoms with Crippen LogP contribution in [0.3, 0.4) is 0 Å². The molecule has 0 bridgehead atoms. The highest BCUT2D eigenvalue weighted by molar-refractivity contribution is 5.98. The van der Waals surface area contributed by atoms with Gasteiger partial charge in [-0.2, -0.15) is 0 Å². The van der Waals surface area contributed by atoms with Crippen LogP contribution in [0.5, 0.6) is 11.8 Å². The maximum Gasteiger partial charge on any atom is 0.262 e. The van der Waals surface area contributed by atoms with Gasteiger partial charge in [0.05, 0.1) is 14.2 Å². The van der Waals surface area contributed by atoms with Crippen molar-refractivity contribution in [2.45, 2.75) is 25.8 Å². The van der Waals surface area contributed by atoms with Gasteiger partial charge >= 0.3 is 0 Å². The summed E-state index contributed by atoms with van der Waals surface area (Å²) in [6, 6.07) is 7.38. The number of carbonyl (C=O) groups excluding carboxylic acids is 2. The fourth-order valence-corrected chi connectivity index (χ4v) is 2.80. The lowest BCUT2D eigenvalue weighted by molar-refractivity contribution is -0.122. The number of carbonyl (C=O) groups is 2. The average molecular weight is 370 g/mol. The van der Waals surface area contributed by atoms with Crippen LogP contribution in [0.4, 0.5) is 5.69 Å². The maximum atomic E-state index is 12.6. The SMILES string of the molecule is COc1ncnc(OC)c1C(=O)NCc1cccc(NC(=O)C2CCC2)c1. The van der Waals surface area contributed by atoms with E-state index in [0.29, 0.717) is 0 Å². The van der Waals surface area contributed by atoms with E-state index in [1.807, 2.05) is 24.3 Å². The van der Waals surface area contributed by atoms with E-state index in [0.717, 1.165) is 30.5 Å². The molecule has 1 aromatic carbocycles. The van der Waals surface area contributed by atoms with Crippen LogP contribution < -0.4 is 20.1 Å². The quantitative estimate of drug-likeness (QED) is 0.774. The Kier molecular flexibility index (Phi) is 5.85. The van der Waals surface area contributed by atoms with Gasteiger partial charge in [-0.15, -0.1) is 0 Å². The third kappa shape index (κ3) is 4.33. The zero-order chi connectivity index (χ0) is 19.2. The molecule has 2 aromatic rings. The molecule has 2 N–H and O–H groups in total. The van der Waals surface area contributed by atoms with Gasteiger partial charge in [-0.3, -0.25) is 9.59 Å². The van der Waals surface area contributed by atoms with Gasteiger partial charge in [0.15, 0.2) is 5.56 Å². The summed E-state index contributed by atoms with van der Waals surface area (Å²) in [6.45, 7) is 0.271. The largest absolute Gasteiger partial charge is 0.480 e. The molecule has 0 atom stereocenters. The molecular weight excluding hydrogens is 348 g/mol. The number of hydrogen-bond donors (Lipinski definition) is 2. The number of aromatic nitrogens is 2. The van der Waals surface area contributed by atoms with E-state index in [9.17, 15) is 9.59 Å². The molecule has 8 heteroatoms. The molecule has 3 rings (SSSR count). The number of methoxy groups -OCH3 is 2. The second-order valence-electron chi connectivity index (χ2n) is 6.27. The Morgan fingerprint density at radius 3 is 2.44 bits per heavy atom. The standard InChI is InChI=1S/C19H22N4O4/c1-26-18-15(19(27-2)22-11-21-18)17(25)20-10-12-5-3-8-14(9-12)23-16(24)13-6-4-7-13/h3,5,8-9,11,13H,4,6-7,10H2,1-2H3,(H,20,25)(H,23,24). The molecule has 0 saturated heterocycles. The van der Waals surface area contributed by atoms with E-state index in [1.54, 1.807) is 0 Å². The highest BCUT2D eigenvalue weighted by Gasteiger charge is 2.25. The number of ether oxygens (including phenoxy) is 2. The summed E-state index contributed by atoms with van der Waals surface area (Å²) in [6.07, 6.45) is 4.28. The second-order valence-corrected chi connectivity index (χ2v) is 6.27. The van der Waals surface area contributed by atoms with Crippen LogP contribution in [0.25, 0.3) is 0 Å². The summed E-state index contributed by atoms with van der Waals surface area (Å²) < 4.78 is 10.2. The Morgan fingerprint density at radius 2 is 1.85 bits per heavy atom. The van der Waals surface area contributed by atoms with E-state index >= 15 is 0 Å². The molecule has 0 unspecified atom stereocenters. The van der Waals surface area contributed by atoms with Crippen molar-refractivity contribution >= 4 is 17.5 Å². The van der Waals surface area contributed by atoms with Crippen molar-refractivity contribution in [3.63, 3.8) is 0 Å². The van der Waals surface area contributed by atoms with Crippen LogP contribution in [0.1, 0.15) is 35.2 Å². The molecule has 0 spiro atoms. The molecule has 0 radical (unpaired) electrons. The zero-order valence-corrected chi connectivity index (χ0v) is 15.3. The molecule has 1 aliphatic carbocycles. The summed E-state index contributed by atoms with van der Waals surface area (Å²) in [4.78, 5) is 32.5. The molecule has 1 aliphatic rings. The summed E-state index contributed by atoms with van der Waals surface area (Å²) >= 11 is 0. The predicted molar refractivity (Wildman–Crippen MR) is 98.7 cm³/mol. The molecule has 1 aromatic heterocycles. The third-order valence-corrected chi connectivity index (χ3v) is 4.52. The number of nitrogens with zero attached hydrogens (tertiary/aromatic N) is 2. The van der Waals surface area contributed by atoms with Gasteiger partial charge in [-0.1, -0.05) is 18.6 Å². The number of rotatable bonds is 7. The van der Waals surface area contributed by atoms with Gasteiger partial charge in [0, 0.05) is 18.2 Å². The minimum atomic E-state index is -0.409. The molecule has 27 heavy (non-hydrogen) atoms. The van der Waals surface area contributed by atoms with Crippen molar-refractivity contribution < 1.29 is 19.1 Å². The molecular formula is C19H22N4O4. The van der Waals surface area contributed by atoms with E-state index < -0.39 is 5.91 Å². The van der Waals surface area contributed by atoms with Gasteiger partial charge in [-0.25, -0.2) is 9.97 Å². The van der Waals surface area contributed by atoms with E-state index in [2.05, 4.69) is 20.6 Å². The predicted octanol–water partition coefficient (Wildman–Crippen LogP) is 2.16. The highest BCUT2D eigenvalue weighted by atomic mass is 16.5. The Bertz CT molecular complexity index is 814. The van der Waals surface area contributed by atoms with Crippen molar-refractivity contribution in [1.29, 1.82) is 0 Å². The Balaban J connectivity index is 1.65. The first kappa shape index (κ1) is 18.6. The van der Waals surface area contributed by atoms with Crippen molar-refractivity contribution in [2.75, 3.05) is 19.5 Å². The first-order valence-electron chi connectivity index (χ1n) is 8.73. The minimum Gasteiger partial charge on any atom is -0.480 e. The van der Waals surface area contributed by atoms with Gasteiger partial charge in [0.1, 0.15) is 6.33 Å². The zero-order valence-electron chi connectivity index (χ0n) is 15.3. The Morgan fingerprint density at radius 1 is 1.15 bits per heavy atom. The minimum absolute atomic E-state index is 0.0540. The molecule has 2 amide bonds. The Hall–Kier alpha value is -3.16. The van der Waals surface area contributed by atoms with Crippen LogP contribution in [0, 0.1) is 5.92 Å². The van der Waals surface area contributed by atoms with Crippen LogP contribution >= 0.6 is 0 Å². The van der Waals surface area contributed by atoms with Crippen molar-refractivity contribution in [3.8, 4) is 11.8 Å². The fraction of sp³-hybridized carbons (Fsp3) is 0.368. The maximum absolute atomic E-state index is 12.6. The monoisotopic (exact) mass is 370 g/mol. The number of hydrogen-bond acceptors (Lipinski definition) is 6. The molecule has 0 aliphatic heterocycles. The highest BCUT2D eigenvalue weighted by Crippen LogP contribution is 2.28. The average Bonchev–Trinajstić information content (AvgIpc) is 2.64. The van der Waals surface area contributed by atoms with Crippen molar-refractivity contribution in [3.05, 3.63) is 41.7 Å². The lowest BCUT2D eigenvalue weighted by atomic mass is 9.85. The first-order valence-corrected chi connectivity index (χ1v) is 8.73. The lowest BCUT2D eigenvalue weighted by Gasteiger charge is -2.24. The third-order valence-electron chi connectivity index (χ3n) is 4.52. The van der Waals surface area contributed by atoms with Crippen LogP contribution in [0.2, 0.25) is 0 Å². The fourth-order valence-electron chi connectivity index (χ4n) is 2.80. The van der Waals surface area contributed by atoms with Gasteiger partial charge in [0.25, 0.3) is 5.91 Å². The molecule has 8 nitrogen and oxygen atoms in total. The number of amides is 2. The molecule has 1 heterocycles. The van der Waals surface area contributed by atoms with Crippen LogP contribution in [0.15, 0.2) is 30.6 Å². The summed E-state index contributed by atoms with van der Waals surface area (Å²) in [5, 5.41) is 5.73. The lowest BCUT2D eigenvalue weighted by Crippen LogP contribution is -2.28. The van der Waals surface area contributed by atoms with E-state index in [-0.39, 0.29) is 35.7 Å². The molecule has 1 saturated carbocycles. The number of anilines is 1. The van der Waals surface area contributed by atoms with Gasteiger partial charge in [-0.05, 0) is 30.5 Å². The first-order chi connectivity index (χ1) is 13.1. The Labute approximate surface area is 157 Å². The second kappa shape index (κ2) is 8.48. The molecule has 142 valence electrons. The summed E-state index contributed by atoms with van der Waals surface area (Å²) in [5.74, 6) is 0.0413. The van der Waals surface area contributed by atoms with E-state index in [1.165, 1.54) is 20.5 Å². The van der Waals surface area contributed by atoms with Crippen molar-refractivity contribution in [1.82, 2.24) is 15.3 Å². The topological polar surface area (TPSA) is 102 Å². The van der Waals surface area contributed by atoms with Gasteiger partial charge < -0.3 is 20.1 Å². The smallest absolute Gasteiger partial charge is 0.262 e. The summed E-state index contributed by atoms with van der Waals surface area (Å²) in [7, 11) is 2.85. The van der Waals surface area contributed by atoms with Crippen molar-refractivity contribution in [2.24, 2.45) is 5.92 Å². The summed E-state index contributed by atoms with van der Waals surface area (Å²) in [5.41, 5.74) is 1.71. The van der Waals surface area contributed by atoms with Gasteiger partial charge in [0.2, 0.25) is 17.7 Å². The van der Waals surface area contributed by atoms with Crippen LogP contribution in [-0.2, 0) is 11.3 Å². The number of benzene rings is 1. The normalized spacial score (nSPS) is 13.4. The number of nitrogens with one attached hydrogen (secondary N) is 2. The van der Waals surface area contributed by atoms with Crippen LogP contribution in [-0.4, -0.2) is 36.0 Å².